The summed E-state index contributed by atoms with van der Waals surface area (Å²) in [6.45, 7) is -0.384. The summed E-state index contributed by atoms with van der Waals surface area (Å²) < 4.78 is 30.5. The molecule has 0 spiro atoms. The molecule has 10 heteroatoms. The average Bonchev–Trinajstić information content (AvgIpc) is 3.17. The summed E-state index contributed by atoms with van der Waals surface area (Å²) in [4.78, 5) is 54.7. The highest BCUT2D eigenvalue weighted by Gasteiger charge is 2.53. The van der Waals surface area contributed by atoms with Gasteiger partial charge in [-0.2, -0.15) is 0 Å². The summed E-state index contributed by atoms with van der Waals surface area (Å²) in [7, 11) is 0. The lowest BCUT2D eigenvalue weighted by atomic mass is 9.98. The molecule has 1 heterocycles. The van der Waals surface area contributed by atoms with E-state index in [-0.39, 0.29) is 23.3 Å². The van der Waals surface area contributed by atoms with Crippen molar-refractivity contribution < 1.29 is 42.9 Å². The topological polar surface area (TPSA) is 114 Å². The first-order valence-electron chi connectivity index (χ1n) is 15.8. The molecule has 0 saturated carbocycles. The van der Waals surface area contributed by atoms with E-state index in [0.29, 0.717) is 5.56 Å². The number of carbonyl (C=O) groups excluding carboxylic acids is 4. The van der Waals surface area contributed by atoms with E-state index in [4.69, 9.17) is 23.7 Å². The van der Waals surface area contributed by atoms with Crippen LogP contribution in [0.1, 0.15) is 41.4 Å². The van der Waals surface area contributed by atoms with Gasteiger partial charge < -0.3 is 23.7 Å². The Morgan fingerprint density at radius 1 is 0.460 bits per heavy atom. The van der Waals surface area contributed by atoms with Gasteiger partial charge in [-0.1, -0.05) is 103 Å². The first-order chi connectivity index (χ1) is 24.5. The summed E-state index contributed by atoms with van der Waals surface area (Å²) >= 11 is 1.22. The Balaban J connectivity index is 1.41. The van der Waals surface area contributed by atoms with Crippen LogP contribution in [0.2, 0.25) is 0 Å². The van der Waals surface area contributed by atoms with Crippen LogP contribution < -0.4 is 0 Å². The molecule has 0 aliphatic carbocycles. The van der Waals surface area contributed by atoms with Gasteiger partial charge in [0.1, 0.15) is 18.1 Å². The Morgan fingerprint density at radius 3 is 1.26 bits per heavy atom. The SMILES string of the molecule is O=C(OC[C@H]1O[C@@H](Sc2ccccc2)[C@H](OC(=O)c2ccccc2)[C@@H](OC(=O)c2ccccc2)[C@@H]1OC(=O)c1ccccc1)c1ccccc1. The molecule has 1 saturated heterocycles. The molecule has 0 unspecified atom stereocenters. The molecule has 252 valence electrons. The molecule has 6 rings (SSSR count). The Kier molecular flexibility index (Phi) is 11.3. The van der Waals surface area contributed by atoms with E-state index in [9.17, 15) is 19.2 Å². The van der Waals surface area contributed by atoms with Gasteiger partial charge in [0.05, 0.1) is 22.3 Å². The third-order valence-corrected chi connectivity index (χ3v) is 8.89. The van der Waals surface area contributed by atoms with Gasteiger partial charge in [0.2, 0.25) is 0 Å². The van der Waals surface area contributed by atoms with Crippen molar-refractivity contribution >= 4 is 35.6 Å². The lowest BCUT2D eigenvalue weighted by Gasteiger charge is -2.44. The van der Waals surface area contributed by atoms with E-state index in [1.807, 2.05) is 30.3 Å². The minimum absolute atomic E-state index is 0.222. The van der Waals surface area contributed by atoms with Crippen molar-refractivity contribution in [1.29, 1.82) is 0 Å². The Hall–Kier alpha value is -5.71. The van der Waals surface area contributed by atoms with Gasteiger partial charge in [-0.3, -0.25) is 0 Å². The number of thioether (sulfide) groups is 1. The minimum atomic E-state index is -1.40. The van der Waals surface area contributed by atoms with Crippen molar-refractivity contribution in [2.45, 2.75) is 34.7 Å². The predicted molar refractivity (Wildman–Crippen MR) is 185 cm³/mol. The molecule has 5 aromatic carbocycles. The molecular weight excluding hydrogens is 656 g/mol. The van der Waals surface area contributed by atoms with Crippen LogP contribution in [0.25, 0.3) is 0 Å². The maximum Gasteiger partial charge on any atom is 0.338 e. The van der Waals surface area contributed by atoms with Crippen LogP contribution in [0.4, 0.5) is 0 Å². The van der Waals surface area contributed by atoms with E-state index < -0.39 is 53.7 Å². The van der Waals surface area contributed by atoms with Crippen LogP contribution in [-0.4, -0.2) is 60.3 Å². The maximum atomic E-state index is 13.7. The predicted octanol–water partition coefficient (Wildman–Crippen LogP) is 7.04. The summed E-state index contributed by atoms with van der Waals surface area (Å²) in [5.41, 5.74) is -0.0106. The maximum absolute atomic E-state index is 13.7. The van der Waals surface area contributed by atoms with Gasteiger partial charge in [0, 0.05) is 4.90 Å². The van der Waals surface area contributed by atoms with Crippen LogP contribution in [0.3, 0.4) is 0 Å². The molecule has 0 radical (unpaired) electrons. The van der Waals surface area contributed by atoms with Gasteiger partial charge in [-0.25, -0.2) is 19.2 Å². The normalized spacial score (nSPS) is 19.8. The van der Waals surface area contributed by atoms with Crippen LogP contribution in [-0.2, 0) is 23.7 Å². The number of hydrogen-bond acceptors (Lipinski definition) is 10. The summed E-state index contributed by atoms with van der Waals surface area (Å²) in [6, 6.07) is 42.5. The highest BCUT2D eigenvalue weighted by molar-refractivity contribution is 7.99. The molecule has 0 N–H and O–H groups in total. The first kappa shape index (κ1) is 34.2. The highest BCUT2D eigenvalue weighted by Crippen LogP contribution is 2.38. The fraction of sp³-hybridized carbons (Fsp3) is 0.150. The summed E-state index contributed by atoms with van der Waals surface area (Å²) in [5, 5.41) is 0. The Bertz CT molecular complexity index is 1870. The molecule has 0 amide bonds. The van der Waals surface area contributed by atoms with Crippen LogP contribution in [0.15, 0.2) is 157 Å². The molecule has 0 aromatic heterocycles. The van der Waals surface area contributed by atoms with E-state index in [1.54, 1.807) is 121 Å². The van der Waals surface area contributed by atoms with E-state index in [1.165, 1.54) is 11.8 Å². The molecule has 0 bridgehead atoms. The second kappa shape index (κ2) is 16.6. The third-order valence-electron chi connectivity index (χ3n) is 7.73. The zero-order chi connectivity index (χ0) is 34.7. The molecule has 50 heavy (non-hydrogen) atoms. The number of hydrogen-bond donors (Lipinski definition) is 0. The van der Waals surface area contributed by atoms with Gasteiger partial charge in [0.15, 0.2) is 18.3 Å². The quantitative estimate of drug-likeness (QED) is 0.106. The standard InChI is InChI=1S/C40H32O9S/c41-36(27-16-6-1-7-17-27)45-26-32-33(47-37(42)28-18-8-2-9-19-28)34(48-38(43)29-20-10-3-11-21-29)35(49-39(44)30-22-12-4-13-23-30)40(46-32)50-31-24-14-5-15-25-31/h1-25,32-35,40H,26H2/t32-,33-,34+,35-,40+/m1/s1. The second-order valence-corrected chi connectivity index (χ2v) is 12.3. The number of benzene rings is 5. The van der Waals surface area contributed by atoms with E-state index in [0.717, 1.165) is 4.90 Å². The molecule has 1 aliphatic rings. The molecule has 5 atom stereocenters. The molecule has 1 aliphatic heterocycles. The van der Waals surface area contributed by atoms with Crippen molar-refractivity contribution in [1.82, 2.24) is 0 Å². The highest BCUT2D eigenvalue weighted by atomic mass is 32.2. The minimum Gasteiger partial charge on any atom is -0.459 e. The van der Waals surface area contributed by atoms with E-state index >= 15 is 0 Å². The third kappa shape index (κ3) is 8.65. The molecular formula is C40H32O9S. The van der Waals surface area contributed by atoms with Gasteiger partial charge in [-0.05, 0) is 60.7 Å². The first-order valence-corrected chi connectivity index (χ1v) is 16.7. The van der Waals surface area contributed by atoms with Gasteiger partial charge in [-0.15, -0.1) is 0 Å². The monoisotopic (exact) mass is 688 g/mol. The van der Waals surface area contributed by atoms with Gasteiger partial charge >= 0.3 is 23.9 Å². The molecule has 9 nitrogen and oxygen atoms in total. The Labute approximate surface area is 293 Å². The number of carbonyl (C=O) groups is 4. The zero-order valence-corrected chi connectivity index (χ0v) is 27.4. The van der Waals surface area contributed by atoms with Crippen LogP contribution >= 0.6 is 11.8 Å². The van der Waals surface area contributed by atoms with Crippen molar-refractivity contribution in [3.05, 3.63) is 174 Å². The van der Waals surface area contributed by atoms with Crippen molar-refractivity contribution in [3.63, 3.8) is 0 Å². The second-order valence-electron chi connectivity index (χ2n) is 11.1. The fourth-order valence-corrected chi connectivity index (χ4v) is 6.38. The Morgan fingerprint density at radius 2 is 0.820 bits per heavy atom. The fourth-order valence-electron chi connectivity index (χ4n) is 5.26. The summed E-state index contributed by atoms with van der Waals surface area (Å²) in [5.74, 6) is -2.84. The van der Waals surface area contributed by atoms with Crippen LogP contribution in [0.5, 0.6) is 0 Å². The van der Waals surface area contributed by atoms with Crippen molar-refractivity contribution in [2.24, 2.45) is 0 Å². The molecule has 1 fully saturated rings. The van der Waals surface area contributed by atoms with E-state index in [2.05, 4.69) is 0 Å². The zero-order valence-electron chi connectivity index (χ0n) is 26.6. The number of ether oxygens (including phenoxy) is 5. The molecule has 5 aromatic rings. The lowest BCUT2D eigenvalue weighted by Crippen LogP contribution is -2.61. The lowest BCUT2D eigenvalue weighted by molar-refractivity contribution is -0.207. The smallest absolute Gasteiger partial charge is 0.338 e. The number of esters is 4. The van der Waals surface area contributed by atoms with Gasteiger partial charge in [0.25, 0.3) is 0 Å². The summed E-state index contributed by atoms with van der Waals surface area (Å²) in [6.07, 6.45) is -5.24. The van der Waals surface area contributed by atoms with Crippen LogP contribution in [0, 0.1) is 0 Å². The van der Waals surface area contributed by atoms with Crippen molar-refractivity contribution in [3.8, 4) is 0 Å². The number of rotatable bonds is 11. The van der Waals surface area contributed by atoms with Crippen molar-refractivity contribution in [2.75, 3.05) is 6.61 Å². The average molecular weight is 689 g/mol. The largest absolute Gasteiger partial charge is 0.459 e.